The summed E-state index contributed by atoms with van der Waals surface area (Å²) in [6, 6.07) is 14.8. The number of nitrogens with one attached hydrogen (secondary N) is 2. The van der Waals surface area contributed by atoms with Gasteiger partial charge in [0, 0.05) is 27.1 Å². The van der Waals surface area contributed by atoms with Crippen molar-refractivity contribution >= 4 is 73.8 Å². The molecule has 44 heavy (non-hydrogen) atoms. The van der Waals surface area contributed by atoms with E-state index in [4.69, 9.17) is 21.5 Å². The molecule has 3 heterocycles. The summed E-state index contributed by atoms with van der Waals surface area (Å²) in [5, 5.41) is 7.51. The number of fused-ring (bicyclic) bond motifs is 2. The van der Waals surface area contributed by atoms with Crippen molar-refractivity contribution in [3.8, 4) is 5.75 Å². The Morgan fingerprint density at radius 1 is 1.05 bits per heavy atom. The van der Waals surface area contributed by atoms with Crippen molar-refractivity contribution < 1.29 is 31.9 Å². The monoisotopic (exact) mass is 674 g/mol. The third kappa shape index (κ3) is 5.64. The van der Waals surface area contributed by atoms with Crippen molar-refractivity contribution in [3.05, 3.63) is 97.7 Å². The van der Waals surface area contributed by atoms with Crippen molar-refractivity contribution in [2.45, 2.75) is 21.1 Å². The van der Waals surface area contributed by atoms with Gasteiger partial charge < -0.3 is 15.0 Å². The van der Waals surface area contributed by atoms with Gasteiger partial charge in [0.05, 0.1) is 21.5 Å². The fourth-order valence-electron chi connectivity index (χ4n) is 5.16. The van der Waals surface area contributed by atoms with Crippen molar-refractivity contribution in [1.82, 2.24) is 4.98 Å². The molecule has 0 unspecified atom stereocenters. The molecule has 16 heteroatoms. The second-order valence-corrected chi connectivity index (χ2v) is 14.0. The first kappa shape index (κ1) is 30.0. The van der Waals surface area contributed by atoms with Crippen LogP contribution in [0.3, 0.4) is 0 Å². The zero-order valence-corrected chi connectivity index (χ0v) is 25.4. The van der Waals surface area contributed by atoms with Crippen molar-refractivity contribution in [3.63, 3.8) is 0 Å². The number of ether oxygens (including phenoxy) is 1. The van der Waals surface area contributed by atoms with Crippen LogP contribution in [0.15, 0.2) is 81.4 Å². The molecular formula is C28H20ClFN4O7S3. The van der Waals surface area contributed by atoms with E-state index >= 15 is 0 Å². The third-order valence-electron chi connectivity index (χ3n) is 7.04. The van der Waals surface area contributed by atoms with Gasteiger partial charge in [0.15, 0.2) is 6.61 Å². The van der Waals surface area contributed by atoms with Crippen molar-refractivity contribution in [2.24, 2.45) is 11.1 Å². The number of primary sulfonamides is 1. The van der Waals surface area contributed by atoms with Crippen LogP contribution < -0.4 is 25.0 Å². The fraction of sp³-hybridized carbons (Fsp3) is 0.143. The fourth-order valence-corrected chi connectivity index (χ4v) is 8.36. The molecule has 0 bridgehead atoms. The van der Waals surface area contributed by atoms with Gasteiger partial charge in [0.25, 0.3) is 5.91 Å². The van der Waals surface area contributed by atoms with Gasteiger partial charge in [0.2, 0.25) is 21.8 Å². The molecule has 1 aromatic heterocycles. The van der Waals surface area contributed by atoms with E-state index < -0.39 is 57.3 Å². The molecule has 2 aliphatic heterocycles. The number of nitrogens with zero attached hydrogens (tertiary/aromatic N) is 1. The van der Waals surface area contributed by atoms with Gasteiger partial charge in [-0.25, -0.2) is 22.8 Å². The molecule has 11 nitrogen and oxygen atoms in total. The minimum atomic E-state index is -3.90. The molecule has 3 aromatic carbocycles. The van der Waals surface area contributed by atoms with Gasteiger partial charge in [-0.2, -0.15) is 0 Å². The highest BCUT2D eigenvalue weighted by Crippen LogP contribution is 2.54. The Morgan fingerprint density at radius 3 is 2.43 bits per heavy atom. The minimum absolute atomic E-state index is 0.120. The number of thioether (sulfide) groups is 1. The lowest BCUT2D eigenvalue weighted by Gasteiger charge is -2.31. The van der Waals surface area contributed by atoms with Gasteiger partial charge in [-0.05, 0) is 66.7 Å². The zero-order chi connectivity index (χ0) is 31.3. The number of carbonyl (C=O) groups excluding carboxylic acids is 3. The summed E-state index contributed by atoms with van der Waals surface area (Å²) in [5.41, 5.74) is 0.896. The molecule has 3 amide bonds. The number of aromatic amines is 1. The number of thiazole rings is 1. The third-order valence-corrected chi connectivity index (χ3v) is 10.6. The van der Waals surface area contributed by atoms with Crippen LogP contribution in [0.2, 0.25) is 5.02 Å². The first-order chi connectivity index (χ1) is 20.9. The molecule has 3 atom stereocenters. The van der Waals surface area contributed by atoms with Gasteiger partial charge in [-0.3, -0.25) is 19.2 Å². The highest BCUT2D eigenvalue weighted by atomic mass is 35.5. The number of H-pyrrole nitrogens is 1. The zero-order valence-electron chi connectivity index (χ0n) is 22.2. The maximum absolute atomic E-state index is 13.9. The average molecular weight is 675 g/mol. The lowest BCUT2D eigenvalue weighted by Crippen LogP contribution is -2.32. The highest BCUT2D eigenvalue weighted by molar-refractivity contribution is 8.00. The summed E-state index contributed by atoms with van der Waals surface area (Å²) < 4.78 is 42.5. The number of anilines is 2. The van der Waals surface area contributed by atoms with Crippen LogP contribution in [0, 0.1) is 11.7 Å². The first-order valence-electron chi connectivity index (χ1n) is 12.8. The van der Waals surface area contributed by atoms with Crippen LogP contribution in [0.25, 0.3) is 0 Å². The molecule has 0 saturated carbocycles. The number of hydrogen-bond acceptors (Lipinski definition) is 9. The summed E-state index contributed by atoms with van der Waals surface area (Å²) in [7, 11) is -3.90. The van der Waals surface area contributed by atoms with Gasteiger partial charge in [-0.1, -0.05) is 34.7 Å². The van der Waals surface area contributed by atoms with Crippen molar-refractivity contribution in [2.75, 3.05) is 16.8 Å². The van der Waals surface area contributed by atoms with Crippen LogP contribution in [0.1, 0.15) is 16.4 Å². The second-order valence-electron chi connectivity index (χ2n) is 9.83. The molecular weight excluding hydrogens is 655 g/mol. The summed E-state index contributed by atoms with van der Waals surface area (Å²) in [6.07, 6.45) is 0. The van der Waals surface area contributed by atoms with Crippen LogP contribution >= 0.6 is 34.7 Å². The van der Waals surface area contributed by atoms with Crippen LogP contribution in [0.5, 0.6) is 5.75 Å². The van der Waals surface area contributed by atoms with E-state index in [0.29, 0.717) is 21.2 Å². The van der Waals surface area contributed by atoms with E-state index in [9.17, 15) is 32.0 Å². The normalized spacial score (nSPS) is 19.4. The molecule has 1 fully saturated rings. The number of halogens is 2. The SMILES string of the molecule is NS(=O)(=O)c1ccc(NC(=O)COc2ccc(Cl)cc2[C@@H]2c3sc(=O)[nH]c3S[C@H]3C(=O)N(c4ccc(F)cc4)C(=O)[C@@H]23)cc1. The molecule has 1 saturated heterocycles. The quantitative estimate of drug-likeness (QED) is 0.249. The topological polar surface area (TPSA) is 169 Å². The smallest absolute Gasteiger partial charge is 0.305 e. The lowest BCUT2D eigenvalue weighted by atomic mass is 9.82. The number of imide groups is 1. The molecule has 6 rings (SSSR count). The Balaban J connectivity index is 1.32. The number of nitrogens with two attached hydrogens (primary N) is 1. The standard InChI is InChI=1S/C28H20ClFN4O7S3/c29-13-1-10-19(41-12-20(35)32-15-4-8-17(9-5-15)44(31,39)40)18(11-13)21-22-24(42-25-23(21)43-28(38)33-25)27(37)34(26(22)36)16-6-2-14(30)3-7-16/h1-11,21-22,24H,12H2,(H,32,35)(H,33,38)(H2,31,39,40)/t21-,22-,24+/m0/s1. The van der Waals surface area contributed by atoms with E-state index in [2.05, 4.69) is 10.3 Å². The molecule has 2 aliphatic rings. The largest absolute Gasteiger partial charge is 0.483 e. The number of benzene rings is 3. The van der Waals surface area contributed by atoms with Gasteiger partial charge >= 0.3 is 4.87 Å². The number of aromatic nitrogens is 1. The Labute approximate surface area is 262 Å². The van der Waals surface area contributed by atoms with E-state index in [1.54, 1.807) is 6.07 Å². The number of rotatable bonds is 7. The predicted molar refractivity (Wildman–Crippen MR) is 162 cm³/mol. The Hall–Kier alpha value is -4.02. The number of amides is 3. The number of sulfonamides is 1. The van der Waals surface area contributed by atoms with Crippen LogP contribution in [-0.4, -0.2) is 43.0 Å². The van der Waals surface area contributed by atoms with E-state index in [1.807, 2.05) is 0 Å². The summed E-state index contributed by atoms with van der Waals surface area (Å²) >= 11 is 8.35. The van der Waals surface area contributed by atoms with Gasteiger partial charge in [0.1, 0.15) is 16.8 Å². The Morgan fingerprint density at radius 2 is 1.75 bits per heavy atom. The van der Waals surface area contributed by atoms with E-state index in [1.165, 1.54) is 48.5 Å². The van der Waals surface area contributed by atoms with E-state index in [0.717, 1.165) is 40.1 Å². The number of hydrogen-bond donors (Lipinski definition) is 3. The van der Waals surface area contributed by atoms with E-state index in [-0.39, 0.29) is 26.2 Å². The molecule has 4 aromatic rings. The summed E-state index contributed by atoms with van der Waals surface area (Å²) in [6.45, 7) is -0.480. The van der Waals surface area contributed by atoms with Crippen LogP contribution in [0.4, 0.5) is 15.8 Å². The lowest BCUT2D eigenvalue weighted by molar-refractivity contribution is -0.122. The Kier molecular flexibility index (Phi) is 7.83. The highest BCUT2D eigenvalue weighted by Gasteiger charge is 2.56. The average Bonchev–Trinajstić information content (AvgIpc) is 3.46. The van der Waals surface area contributed by atoms with Gasteiger partial charge in [-0.15, -0.1) is 0 Å². The Bertz CT molecular complexity index is 1980. The predicted octanol–water partition coefficient (Wildman–Crippen LogP) is 3.69. The maximum atomic E-state index is 13.9. The molecule has 0 radical (unpaired) electrons. The minimum Gasteiger partial charge on any atom is -0.483 e. The molecule has 4 N–H and O–H groups in total. The van der Waals surface area contributed by atoms with Crippen LogP contribution in [-0.2, 0) is 24.4 Å². The second kappa shape index (κ2) is 11.5. The molecule has 0 aliphatic carbocycles. The molecule has 226 valence electrons. The first-order valence-corrected chi connectivity index (χ1v) is 16.4. The number of carbonyl (C=O) groups is 3. The summed E-state index contributed by atoms with van der Waals surface area (Å²) in [5.74, 6) is -3.78. The molecule has 0 spiro atoms. The summed E-state index contributed by atoms with van der Waals surface area (Å²) in [4.78, 5) is 56.5. The van der Waals surface area contributed by atoms with Crippen molar-refractivity contribution in [1.29, 1.82) is 0 Å². The maximum Gasteiger partial charge on any atom is 0.305 e.